The van der Waals surface area contributed by atoms with Gasteiger partial charge in [-0.15, -0.1) is 0 Å². The first-order valence-corrected chi connectivity index (χ1v) is 8.60. The molecule has 0 aliphatic carbocycles. The summed E-state index contributed by atoms with van der Waals surface area (Å²) >= 11 is 0. The molecule has 0 saturated carbocycles. The number of benzene rings is 2. The normalized spacial score (nSPS) is 11.1. The second-order valence-corrected chi connectivity index (χ2v) is 6.18. The monoisotopic (exact) mass is 363 g/mol. The van der Waals surface area contributed by atoms with Crippen LogP contribution in [0.15, 0.2) is 64.2 Å². The van der Waals surface area contributed by atoms with Gasteiger partial charge in [-0.05, 0) is 24.6 Å². The van der Waals surface area contributed by atoms with Gasteiger partial charge in [0.2, 0.25) is 5.56 Å². The van der Waals surface area contributed by atoms with Crippen LogP contribution < -0.4 is 11.2 Å². The highest BCUT2D eigenvalue weighted by Crippen LogP contribution is 2.15. The lowest BCUT2D eigenvalue weighted by atomic mass is 10.1. The molecule has 7 nitrogen and oxygen atoms in total. The van der Waals surface area contributed by atoms with Crippen LogP contribution in [0.2, 0.25) is 0 Å². The Bertz CT molecular complexity index is 1250. The molecular formula is C20H17N3O4. The van der Waals surface area contributed by atoms with Gasteiger partial charge in [-0.3, -0.25) is 9.36 Å². The van der Waals surface area contributed by atoms with Gasteiger partial charge in [0.05, 0.1) is 23.2 Å². The van der Waals surface area contributed by atoms with Crippen LogP contribution in [-0.2, 0) is 11.3 Å². The predicted molar refractivity (Wildman–Crippen MR) is 102 cm³/mol. The van der Waals surface area contributed by atoms with E-state index in [4.69, 9.17) is 4.74 Å². The molecule has 7 heteroatoms. The molecule has 0 atom stereocenters. The third-order valence-electron chi connectivity index (χ3n) is 4.41. The third kappa shape index (κ3) is 3.27. The standard InChI is InChI=1S/C20H17N3O4/c24-18-12-14(13-6-1-2-7-15(13)21-18)19(25)27-11-5-10-23-17-9-4-3-8-16(17)22-20(23)26/h1-4,6-9,12H,5,10-11H2,(H,21,24)(H,22,26). The van der Waals surface area contributed by atoms with Crippen LogP contribution in [-0.4, -0.2) is 27.1 Å². The van der Waals surface area contributed by atoms with E-state index >= 15 is 0 Å². The minimum Gasteiger partial charge on any atom is -0.462 e. The van der Waals surface area contributed by atoms with Gasteiger partial charge < -0.3 is 14.7 Å². The number of aromatic nitrogens is 3. The molecule has 2 heterocycles. The smallest absolute Gasteiger partial charge is 0.339 e. The van der Waals surface area contributed by atoms with Crippen LogP contribution >= 0.6 is 0 Å². The number of fused-ring (bicyclic) bond motifs is 2. The topological polar surface area (TPSA) is 96.9 Å². The molecule has 2 N–H and O–H groups in total. The Morgan fingerprint density at radius 3 is 2.56 bits per heavy atom. The highest BCUT2D eigenvalue weighted by atomic mass is 16.5. The van der Waals surface area contributed by atoms with E-state index in [1.54, 1.807) is 28.8 Å². The van der Waals surface area contributed by atoms with Gasteiger partial charge in [-0.2, -0.15) is 0 Å². The van der Waals surface area contributed by atoms with Crippen LogP contribution in [0.1, 0.15) is 16.8 Å². The predicted octanol–water partition coefficient (Wildman–Crippen LogP) is 2.42. The van der Waals surface area contributed by atoms with Crippen molar-refractivity contribution in [1.29, 1.82) is 0 Å². The zero-order valence-corrected chi connectivity index (χ0v) is 14.4. The molecule has 0 radical (unpaired) electrons. The Morgan fingerprint density at radius 2 is 1.70 bits per heavy atom. The Morgan fingerprint density at radius 1 is 0.963 bits per heavy atom. The lowest BCUT2D eigenvalue weighted by molar-refractivity contribution is 0.0498. The summed E-state index contributed by atoms with van der Waals surface area (Å²) in [6, 6.07) is 15.7. The molecule has 0 aliphatic rings. The number of rotatable bonds is 5. The van der Waals surface area contributed by atoms with Crippen molar-refractivity contribution in [2.24, 2.45) is 0 Å². The van der Waals surface area contributed by atoms with Crippen molar-refractivity contribution in [2.75, 3.05) is 6.61 Å². The molecule has 0 bridgehead atoms. The number of aromatic amines is 2. The number of carbonyl (C=O) groups is 1. The number of nitrogens with one attached hydrogen (secondary N) is 2. The van der Waals surface area contributed by atoms with Gasteiger partial charge in [-0.25, -0.2) is 9.59 Å². The van der Waals surface area contributed by atoms with E-state index in [1.807, 2.05) is 24.3 Å². The number of hydrogen-bond donors (Lipinski definition) is 2. The van der Waals surface area contributed by atoms with Crippen molar-refractivity contribution in [3.05, 3.63) is 81.0 Å². The van der Waals surface area contributed by atoms with E-state index in [2.05, 4.69) is 9.97 Å². The first kappa shape index (κ1) is 16.8. The Kier molecular flexibility index (Phi) is 4.33. The minimum absolute atomic E-state index is 0.145. The van der Waals surface area contributed by atoms with Gasteiger partial charge in [0.25, 0.3) is 0 Å². The molecule has 0 fully saturated rings. The number of pyridine rings is 1. The number of nitrogens with zero attached hydrogens (tertiary/aromatic N) is 1. The maximum atomic E-state index is 12.4. The summed E-state index contributed by atoms with van der Waals surface area (Å²) in [4.78, 5) is 41.7. The number of ether oxygens (including phenoxy) is 1. The summed E-state index contributed by atoms with van der Waals surface area (Å²) in [6.45, 7) is 0.568. The average Bonchev–Trinajstić information content (AvgIpc) is 2.99. The molecule has 4 aromatic rings. The van der Waals surface area contributed by atoms with Gasteiger partial charge in [0.1, 0.15) is 0 Å². The lowest BCUT2D eigenvalue weighted by Crippen LogP contribution is -2.18. The van der Waals surface area contributed by atoms with E-state index in [1.165, 1.54) is 6.07 Å². The molecular weight excluding hydrogens is 346 g/mol. The molecule has 0 saturated heterocycles. The summed E-state index contributed by atoms with van der Waals surface area (Å²) in [7, 11) is 0. The maximum absolute atomic E-state index is 12.4. The van der Waals surface area contributed by atoms with Crippen molar-refractivity contribution in [2.45, 2.75) is 13.0 Å². The number of aryl methyl sites for hydroxylation is 1. The van der Waals surface area contributed by atoms with Crippen molar-refractivity contribution in [1.82, 2.24) is 14.5 Å². The Labute approximate surface area is 153 Å². The number of para-hydroxylation sites is 3. The first-order valence-electron chi connectivity index (χ1n) is 8.60. The summed E-state index contributed by atoms with van der Waals surface area (Å²) < 4.78 is 6.94. The van der Waals surface area contributed by atoms with E-state index < -0.39 is 5.97 Å². The summed E-state index contributed by atoms with van der Waals surface area (Å²) in [5.74, 6) is -0.552. The van der Waals surface area contributed by atoms with E-state index in [0.717, 1.165) is 11.0 Å². The number of imidazole rings is 1. The van der Waals surface area contributed by atoms with E-state index in [0.29, 0.717) is 23.9 Å². The number of esters is 1. The quantitative estimate of drug-likeness (QED) is 0.420. The van der Waals surface area contributed by atoms with Gasteiger partial charge in [0, 0.05) is 23.5 Å². The van der Waals surface area contributed by atoms with Gasteiger partial charge >= 0.3 is 11.7 Å². The Hall–Kier alpha value is -3.61. The van der Waals surface area contributed by atoms with Crippen LogP contribution in [0.4, 0.5) is 0 Å². The molecule has 136 valence electrons. The van der Waals surface area contributed by atoms with Gasteiger partial charge in [0.15, 0.2) is 0 Å². The fraction of sp³-hybridized carbons (Fsp3) is 0.150. The highest BCUT2D eigenvalue weighted by Gasteiger charge is 2.13. The molecule has 27 heavy (non-hydrogen) atoms. The lowest BCUT2D eigenvalue weighted by Gasteiger charge is -2.08. The van der Waals surface area contributed by atoms with Crippen LogP contribution in [0.5, 0.6) is 0 Å². The number of H-pyrrole nitrogens is 2. The third-order valence-corrected chi connectivity index (χ3v) is 4.41. The fourth-order valence-electron chi connectivity index (χ4n) is 3.17. The summed E-state index contributed by atoms with van der Waals surface area (Å²) in [6.07, 6.45) is 0.481. The summed E-state index contributed by atoms with van der Waals surface area (Å²) in [5.41, 5.74) is 1.86. The van der Waals surface area contributed by atoms with Crippen LogP contribution in [0, 0.1) is 0 Å². The van der Waals surface area contributed by atoms with Crippen molar-refractivity contribution >= 4 is 27.9 Å². The van der Waals surface area contributed by atoms with Crippen LogP contribution in [0.25, 0.3) is 21.9 Å². The van der Waals surface area contributed by atoms with Crippen molar-refractivity contribution < 1.29 is 9.53 Å². The number of carbonyl (C=O) groups excluding carboxylic acids is 1. The molecule has 2 aromatic carbocycles. The largest absolute Gasteiger partial charge is 0.462 e. The maximum Gasteiger partial charge on any atom is 0.339 e. The Balaban J connectivity index is 1.45. The van der Waals surface area contributed by atoms with Crippen LogP contribution in [0.3, 0.4) is 0 Å². The molecule has 0 aliphatic heterocycles. The number of hydrogen-bond acceptors (Lipinski definition) is 4. The van der Waals surface area contributed by atoms with Gasteiger partial charge in [-0.1, -0.05) is 30.3 Å². The minimum atomic E-state index is -0.552. The van der Waals surface area contributed by atoms with Crippen molar-refractivity contribution in [3.63, 3.8) is 0 Å². The van der Waals surface area contributed by atoms with E-state index in [-0.39, 0.29) is 23.4 Å². The molecule has 0 amide bonds. The zero-order valence-electron chi connectivity index (χ0n) is 14.4. The molecule has 4 rings (SSSR count). The first-order chi connectivity index (χ1) is 13.1. The molecule has 2 aromatic heterocycles. The fourth-order valence-corrected chi connectivity index (χ4v) is 3.17. The average molecular weight is 363 g/mol. The van der Waals surface area contributed by atoms with E-state index in [9.17, 15) is 14.4 Å². The second kappa shape index (κ2) is 6.95. The highest BCUT2D eigenvalue weighted by molar-refractivity contribution is 6.03. The zero-order chi connectivity index (χ0) is 18.8. The SMILES string of the molecule is O=C(OCCCn1c(=O)[nH]c2ccccc21)c1cc(=O)[nH]c2ccccc12. The summed E-state index contributed by atoms with van der Waals surface area (Å²) in [5, 5.41) is 0.634. The molecule has 0 unspecified atom stereocenters. The molecule has 0 spiro atoms. The second-order valence-electron chi connectivity index (χ2n) is 6.18. The van der Waals surface area contributed by atoms with Crippen molar-refractivity contribution in [3.8, 4) is 0 Å².